The standard InChI is InChI=1S/C12H10F6O3S2/c1-7-3-4-9-6-8(2)22(10(9)5-7,11(13,14)15)21-23(19,20)12(16,17)18/h3-6H,1-2H3. The lowest BCUT2D eigenvalue weighted by molar-refractivity contribution is -0.0546. The molecule has 0 spiro atoms. The topological polar surface area (TPSA) is 43.4 Å². The zero-order valence-corrected chi connectivity index (χ0v) is 13.3. The molecule has 0 aliphatic carbocycles. The van der Waals surface area contributed by atoms with Gasteiger partial charge in [0.05, 0.1) is 0 Å². The highest BCUT2D eigenvalue weighted by Crippen LogP contribution is 2.77. The van der Waals surface area contributed by atoms with E-state index in [4.69, 9.17) is 0 Å². The van der Waals surface area contributed by atoms with E-state index in [1.165, 1.54) is 19.1 Å². The van der Waals surface area contributed by atoms with E-state index in [0.717, 1.165) is 19.1 Å². The molecule has 0 N–H and O–H groups in total. The molecule has 1 aliphatic heterocycles. The van der Waals surface area contributed by atoms with Gasteiger partial charge in [0.1, 0.15) is 0 Å². The SMILES string of the molecule is CC1=Cc2ccc(C)cc2S1(OS(=O)(=O)C(F)(F)F)C(F)(F)F. The van der Waals surface area contributed by atoms with Gasteiger partial charge < -0.3 is 0 Å². The van der Waals surface area contributed by atoms with Gasteiger partial charge in [-0.25, -0.2) is 0 Å². The first-order valence-corrected chi connectivity index (χ1v) is 8.90. The summed E-state index contributed by atoms with van der Waals surface area (Å²) in [5.74, 6) is 0. The molecule has 23 heavy (non-hydrogen) atoms. The number of benzene rings is 1. The second-order valence-electron chi connectivity index (χ2n) is 4.77. The smallest absolute Gasteiger partial charge is 0.196 e. The van der Waals surface area contributed by atoms with Crippen molar-refractivity contribution in [3.8, 4) is 0 Å². The van der Waals surface area contributed by atoms with Crippen molar-refractivity contribution in [3.63, 3.8) is 0 Å². The lowest BCUT2D eigenvalue weighted by Crippen LogP contribution is -2.32. The van der Waals surface area contributed by atoms with Gasteiger partial charge in [-0.3, -0.25) is 0 Å². The Morgan fingerprint density at radius 2 is 1.61 bits per heavy atom. The predicted molar refractivity (Wildman–Crippen MR) is 72.8 cm³/mol. The van der Waals surface area contributed by atoms with E-state index < -0.39 is 41.2 Å². The molecule has 0 radical (unpaired) electrons. The van der Waals surface area contributed by atoms with Crippen LogP contribution in [0.25, 0.3) is 6.08 Å². The molecular formula is C12H10F6O3S2. The maximum atomic E-state index is 13.6. The van der Waals surface area contributed by atoms with E-state index >= 15 is 0 Å². The highest BCUT2D eigenvalue weighted by Gasteiger charge is 2.63. The summed E-state index contributed by atoms with van der Waals surface area (Å²) in [6.07, 6.45) is 0.990. The number of allylic oxidation sites excluding steroid dienone is 1. The Hall–Kier alpha value is -1.20. The number of aryl methyl sites for hydroxylation is 1. The Morgan fingerprint density at radius 3 is 2.09 bits per heavy atom. The molecule has 130 valence electrons. The van der Waals surface area contributed by atoms with E-state index in [1.807, 2.05) is 0 Å². The fourth-order valence-electron chi connectivity index (χ4n) is 2.09. The maximum Gasteiger partial charge on any atom is 0.523 e. The average molecular weight is 380 g/mol. The second kappa shape index (κ2) is 5.15. The molecular weight excluding hydrogens is 370 g/mol. The Kier molecular flexibility index (Phi) is 4.06. The molecule has 3 nitrogen and oxygen atoms in total. The van der Waals surface area contributed by atoms with Crippen LogP contribution in [0.15, 0.2) is 28.0 Å². The van der Waals surface area contributed by atoms with Gasteiger partial charge in [0.25, 0.3) is 0 Å². The first-order chi connectivity index (χ1) is 10.2. The van der Waals surface area contributed by atoms with Crippen LogP contribution in [0.3, 0.4) is 0 Å². The zero-order valence-electron chi connectivity index (χ0n) is 11.6. The van der Waals surface area contributed by atoms with Crippen molar-refractivity contribution in [2.75, 3.05) is 0 Å². The summed E-state index contributed by atoms with van der Waals surface area (Å²) >= 11 is 0. The van der Waals surface area contributed by atoms with E-state index in [-0.39, 0.29) is 5.56 Å². The molecule has 1 aliphatic rings. The van der Waals surface area contributed by atoms with Crippen LogP contribution in [0.5, 0.6) is 0 Å². The average Bonchev–Trinajstić information content (AvgIpc) is 2.61. The van der Waals surface area contributed by atoms with Crippen molar-refractivity contribution in [2.45, 2.75) is 29.8 Å². The Labute approximate surface area is 129 Å². The van der Waals surface area contributed by atoms with E-state index in [2.05, 4.69) is 3.63 Å². The molecule has 0 amide bonds. The van der Waals surface area contributed by atoms with Crippen molar-refractivity contribution in [3.05, 3.63) is 34.2 Å². The number of halogens is 6. The molecule has 0 aromatic heterocycles. The Bertz CT molecular complexity index is 779. The Morgan fingerprint density at radius 1 is 1.04 bits per heavy atom. The van der Waals surface area contributed by atoms with Gasteiger partial charge in [0.15, 0.2) is 0 Å². The normalized spacial score (nSPS) is 24.8. The summed E-state index contributed by atoms with van der Waals surface area (Å²) in [6.45, 7) is 2.34. The van der Waals surface area contributed by atoms with Gasteiger partial charge in [0, 0.05) is 20.1 Å². The lowest BCUT2D eigenvalue weighted by Gasteiger charge is -2.38. The minimum absolute atomic E-state index is 0.0159. The quantitative estimate of drug-likeness (QED) is 0.545. The van der Waals surface area contributed by atoms with Crippen molar-refractivity contribution in [1.29, 1.82) is 0 Å². The summed E-state index contributed by atoms with van der Waals surface area (Å²) in [7, 11) is -11.3. The Balaban J connectivity index is 2.76. The van der Waals surface area contributed by atoms with Crippen LogP contribution in [-0.2, 0) is 13.7 Å². The predicted octanol–water partition coefficient (Wildman–Crippen LogP) is 4.83. The largest absolute Gasteiger partial charge is 0.523 e. The van der Waals surface area contributed by atoms with Crippen molar-refractivity contribution in [1.82, 2.24) is 0 Å². The van der Waals surface area contributed by atoms with Gasteiger partial charge in [0.2, 0.25) is 0 Å². The van der Waals surface area contributed by atoms with Crippen molar-refractivity contribution in [2.24, 2.45) is 0 Å². The number of fused-ring (bicyclic) bond motifs is 1. The van der Waals surface area contributed by atoms with Crippen LogP contribution in [0.2, 0.25) is 0 Å². The molecule has 1 atom stereocenters. The van der Waals surface area contributed by atoms with Crippen LogP contribution in [0, 0.1) is 6.92 Å². The summed E-state index contributed by atoms with van der Waals surface area (Å²) in [6, 6.07) is 3.74. The van der Waals surface area contributed by atoms with Crippen LogP contribution in [-0.4, -0.2) is 19.4 Å². The molecule has 0 fully saturated rings. The molecule has 0 saturated heterocycles. The molecule has 1 aromatic rings. The van der Waals surface area contributed by atoms with E-state index in [0.29, 0.717) is 5.56 Å². The van der Waals surface area contributed by atoms with Crippen LogP contribution in [0.4, 0.5) is 26.3 Å². The molecule has 0 bridgehead atoms. The number of rotatable bonds is 2. The van der Waals surface area contributed by atoms with Gasteiger partial charge in [-0.15, -0.1) is 0 Å². The van der Waals surface area contributed by atoms with Gasteiger partial charge in [-0.05, 0) is 37.1 Å². The highest BCUT2D eigenvalue weighted by atomic mass is 32.3. The molecule has 1 aromatic carbocycles. The van der Waals surface area contributed by atoms with Crippen LogP contribution >= 0.6 is 10.3 Å². The third kappa shape index (κ3) is 2.74. The third-order valence-corrected chi connectivity index (χ3v) is 7.84. The molecule has 0 saturated carbocycles. The van der Waals surface area contributed by atoms with Gasteiger partial charge in [-0.1, -0.05) is 12.1 Å². The third-order valence-electron chi connectivity index (χ3n) is 3.09. The van der Waals surface area contributed by atoms with Gasteiger partial charge >= 0.3 is 21.1 Å². The molecule has 2 rings (SSSR count). The first-order valence-electron chi connectivity index (χ1n) is 5.93. The summed E-state index contributed by atoms with van der Waals surface area (Å²) in [5.41, 5.74) is -11.0. The number of hydrogen-bond acceptors (Lipinski definition) is 3. The molecule has 1 unspecified atom stereocenters. The summed E-state index contributed by atoms with van der Waals surface area (Å²) < 4.78 is 105. The lowest BCUT2D eigenvalue weighted by atomic mass is 10.1. The van der Waals surface area contributed by atoms with E-state index in [1.54, 1.807) is 0 Å². The summed E-state index contributed by atoms with van der Waals surface area (Å²) in [4.78, 5) is -1.21. The minimum atomic E-state index is -6.44. The minimum Gasteiger partial charge on any atom is -0.196 e. The highest BCUT2D eigenvalue weighted by molar-refractivity contribution is 8.36. The van der Waals surface area contributed by atoms with Gasteiger partial charge in [-0.2, -0.15) is 38.4 Å². The molecule has 11 heteroatoms. The first kappa shape index (κ1) is 18.1. The van der Waals surface area contributed by atoms with Crippen molar-refractivity contribution >= 4 is 26.5 Å². The summed E-state index contributed by atoms with van der Waals surface area (Å²) in [5, 5.41) is 0. The number of alkyl halides is 6. The van der Waals surface area contributed by atoms with E-state index in [9.17, 15) is 34.8 Å². The second-order valence-corrected chi connectivity index (χ2v) is 9.34. The number of hydrogen-bond donors (Lipinski definition) is 0. The fourth-order valence-corrected chi connectivity index (χ4v) is 6.57. The fraction of sp³-hybridized carbons (Fsp3) is 0.333. The van der Waals surface area contributed by atoms with Crippen LogP contribution in [0.1, 0.15) is 18.1 Å². The maximum absolute atomic E-state index is 13.6. The van der Waals surface area contributed by atoms with Crippen LogP contribution < -0.4 is 0 Å². The monoisotopic (exact) mass is 380 g/mol. The molecule has 1 heterocycles. The zero-order chi connectivity index (χ0) is 17.8. The van der Waals surface area contributed by atoms with Crippen molar-refractivity contribution < 1.29 is 38.4 Å².